The van der Waals surface area contributed by atoms with Gasteiger partial charge >= 0.3 is 6.18 Å². The van der Waals surface area contributed by atoms with Gasteiger partial charge in [0.15, 0.2) is 0 Å². The van der Waals surface area contributed by atoms with E-state index in [0.717, 1.165) is 6.07 Å². The summed E-state index contributed by atoms with van der Waals surface area (Å²) in [6.45, 7) is 0. The van der Waals surface area contributed by atoms with Crippen LogP contribution in [0.3, 0.4) is 0 Å². The number of nitrogens with two attached hydrogens (primary N) is 1. The molecule has 3 nitrogen and oxygen atoms in total. The summed E-state index contributed by atoms with van der Waals surface area (Å²) >= 11 is 11.8. The van der Waals surface area contributed by atoms with E-state index in [0.29, 0.717) is 12.1 Å². The Bertz CT molecular complexity index is 816. The van der Waals surface area contributed by atoms with Crippen LogP contribution in [0, 0.1) is 5.92 Å². The summed E-state index contributed by atoms with van der Waals surface area (Å²) in [7, 11) is 0. The fourth-order valence-corrected chi connectivity index (χ4v) is 3.29. The topological polar surface area (TPSA) is 55.1 Å². The third kappa shape index (κ3) is 3.70. The third-order valence-corrected chi connectivity index (χ3v) is 4.76. The number of hydrogen-bond acceptors (Lipinski definition) is 2. The van der Waals surface area contributed by atoms with Gasteiger partial charge in [0.25, 0.3) is 0 Å². The Hall–Kier alpha value is -1.92. The zero-order valence-corrected chi connectivity index (χ0v) is 14.2. The molecule has 2 aromatic carbocycles. The molecule has 3 N–H and O–H groups in total. The molecule has 8 heteroatoms. The average molecular weight is 389 g/mol. The van der Waals surface area contributed by atoms with Gasteiger partial charge in [0, 0.05) is 11.6 Å². The highest BCUT2D eigenvalue weighted by molar-refractivity contribution is 6.39. The molecule has 2 atom stereocenters. The highest BCUT2D eigenvalue weighted by atomic mass is 35.5. The van der Waals surface area contributed by atoms with E-state index in [4.69, 9.17) is 28.9 Å². The maximum absolute atomic E-state index is 13.1. The summed E-state index contributed by atoms with van der Waals surface area (Å²) in [5.74, 6) is -1.37. The number of rotatable bonds is 3. The zero-order valence-electron chi connectivity index (χ0n) is 12.7. The van der Waals surface area contributed by atoms with Gasteiger partial charge in [-0.25, -0.2) is 0 Å². The molecule has 1 aliphatic carbocycles. The standard InChI is InChI=1S/C17H13Cl2F3N2O/c18-13-5-8(6-14(19)15(13)23)24-16(25)11-7-10(11)9-3-1-2-4-12(9)17(20,21)22/h1-6,10-11H,7,23H2,(H,24,25)/t10-,11-/m1/s1. The summed E-state index contributed by atoms with van der Waals surface area (Å²) in [6, 6.07) is 8.21. The molecule has 0 bridgehead atoms. The number of nitrogen functional groups attached to an aromatic ring is 1. The Morgan fingerprint density at radius 1 is 1.16 bits per heavy atom. The van der Waals surface area contributed by atoms with Crippen molar-refractivity contribution in [3.8, 4) is 0 Å². The van der Waals surface area contributed by atoms with Crippen molar-refractivity contribution < 1.29 is 18.0 Å². The Morgan fingerprint density at radius 3 is 2.36 bits per heavy atom. The van der Waals surface area contributed by atoms with Gasteiger partial charge in [0.1, 0.15) is 0 Å². The summed E-state index contributed by atoms with van der Waals surface area (Å²) in [5, 5.41) is 3.01. The largest absolute Gasteiger partial charge is 0.416 e. The first kappa shape index (κ1) is 17.9. The molecule has 0 aliphatic heterocycles. The van der Waals surface area contributed by atoms with Gasteiger partial charge in [0.05, 0.1) is 21.3 Å². The predicted molar refractivity (Wildman–Crippen MR) is 91.8 cm³/mol. The van der Waals surface area contributed by atoms with Crippen LogP contribution in [0.2, 0.25) is 10.0 Å². The minimum atomic E-state index is -4.45. The number of anilines is 2. The van der Waals surface area contributed by atoms with Gasteiger partial charge in [-0.15, -0.1) is 0 Å². The molecule has 0 aromatic heterocycles. The Kier molecular flexibility index (Phi) is 4.60. The Labute approximate surface area is 151 Å². The minimum Gasteiger partial charge on any atom is -0.396 e. The number of amides is 1. The van der Waals surface area contributed by atoms with Crippen LogP contribution in [0.15, 0.2) is 36.4 Å². The van der Waals surface area contributed by atoms with E-state index in [-0.39, 0.29) is 27.2 Å². The molecule has 1 aliphatic rings. The maximum atomic E-state index is 13.1. The molecular weight excluding hydrogens is 376 g/mol. The molecule has 25 heavy (non-hydrogen) atoms. The monoisotopic (exact) mass is 388 g/mol. The van der Waals surface area contributed by atoms with Crippen LogP contribution in [-0.2, 0) is 11.0 Å². The van der Waals surface area contributed by atoms with Gasteiger partial charge in [-0.05, 0) is 36.1 Å². The Morgan fingerprint density at radius 2 is 1.76 bits per heavy atom. The van der Waals surface area contributed by atoms with E-state index in [1.807, 2.05) is 0 Å². The lowest BCUT2D eigenvalue weighted by molar-refractivity contribution is -0.138. The van der Waals surface area contributed by atoms with Crippen LogP contribution in [0.1, 0.15) is 23.5 Å². The molecule has 0 radical (unpaired) electrons. The van der Waals surface area contributed by atoms with Gasteiger partial charge in [-0.2, -0.15) is 13.2 Å². The fourth-order valence-electron chi connectivity index (χ4n) is 2.80. The van der Waals surface area contributed by atoms with Crippen molar-refractivity contribution in [2.45, 2.75) is 18.5 Å². The zero-order chi connectivity index (χ0) is 18.4. The van der Waals surface area contributed by atoms with Crippen molar-refractivity contribution in [2.24, 2.45) is 5.92 Å². The second-order valence-corrected chi connectivity index (χ2v) is 6.69. The van der Waals surface area contributed by atoms with Gasteiger partial charge < -0.3 is 11.1 Å². The van der Waals surface area contributed by atoms with E-state index in [1.165, 1.54) is 30.3 Å². The molecule has 0 spiro atoms. The average Bonchev–Trinajstić information content (AvgIpc) is 3.32. The van der Waals surface area contributed by atoms with Crippen LogP contribution in [0.25, 0.3) is 0 Å². The molecule has 0 saturated heterocycles. The highest BCUT2D eigenvalue weighted by Crippen LogP contribution is 2.51. The molecule has 132 valence electrons. The van der Waals surface area contributed by atoms with E-state index < -0.39 is 23.6 Å². The van der Waals surface area contributed by atoms with Crippen LogP contribution < -0.4 is 11.1 Å². The van der Waals surface area contributed by atoms with Gasteiger partial charge in [-0.1, -0.05) is 41.4 Å². The lowest BCUT2D eigenvalue weighted by atomic mass is 10.0. The number of carbonyl (C=O) groups is 1. The molecule has 3 rings (SSSR count). The van der Waals surface area contributed by atoms with Gasteiger partial charge in [-0.3, -0.25) is 4.79 Å². The Balaban J connectivity index is 1.76. The number of nitrogens with one attached hydrogen (secondary N) is 1. The fraction of sp³-hybridized carbons (Fsp3) is 0.235. The smallest absolute Gasteiger partial charge is 0.396 e. The number of alkyl halides is 3. The molecule has 0 heterocycles. The van der Waals surface area contributed by atoms with Crippen LogP contribution in [0.4, 0.5) is 24.5 Å². The van der Waals surface area contributed by atoms with Crippen molar-refractivity contribution in [2.75, 3.05) is 11.1 Å². The molecule has 1 saturated carbocycles. The van der Waals surface area contributed by atoms with Gasteiger partial charge in [0.2, 0.25) is 5.91 Å². The van der Waals surface area contributed by atoms with Crippen LogP contribution >= 0.6 is 23.2 Å². The van der Waals surface area contributed by atoms with E-state index in [2.05, 4.69) is 5.32 Å². The lowest BCUT2D eigenvalue weighted by Crippen LogP contribution is -2.15. The van der Waals surface area contributed by atoms with Crippen LogP contribution in [0.5, 0.6) is 0 Å². The first-order chi connectivity index (χ1) is 11.7. The normalized spacial score (nSPS) is 19.6. The van der Waals surface area contributed by atoms with Crippen molar-refractivity contribution in [1.29, 1.82) is 0 Å². The van der Waals surface area contributed by atoms with Crippen molar-refractivity contribution >= 4 is 40.5 Å². The molecular formula is C17H13Cl2F3N2O. The summed E-state index contributed by atoms with van der Waals surface area (Å²) < 4.78 is 39.3. The summed E-state index contributed by atoms with van der Waals surface area (Å²) in [5.41, 5.74) is 5.62. The maximum Gasteiger partial charge on any atom is 0.416 e. The molecule has 2 aromatic rings. The first-order valence-corrected chi connectivity index (χ1v) is 8.15. The number of halogens is 5. The van der Waals surface area contributed by atoms with Crippen LogP contribution in [-0.4, -0.2) is 5.91 Å². The number of hydrogen-bond donors (Lipinski definition) is 2. The van der Waals surface area contributed by atoms with Crippen molar-refractivity contribution in [1.82, 2.24) is 0 Å². The van der Waals surface area contributed by atoms with E-state index >= 15 is 0 Å². The highest BCUT2D eigenvalue weighted by Gasteiger charge is 2.47. The van der Waals surface area contributed by atoms with Crippen molar-refractivity contribution in [3.63, 3.8) is 0 Å². The van der Waals surface area contributed by atoms with E-state index in [9.17, 15) is 18.0 Å². The molecule has 0 unspecified atom stereocenters. The molecule has 1 fully saturated rings. The first-order valence-electron chi connectivity index (χ1n) is 7.40. The number of benzene rings is 2. The summed E-state index contributed by atoms with van der Waals surface area (Å²) in [4.78, 5) is 12.3. The summed E-state index contributed by atoms with van der Waals surface area (Å²) in [6.07, 6.45) is -4.09. The second-order valence-electron chi connectivity index (χ2n) is 5.88. The predicted octanol–water partition coefficient (Wildman–Crippen LogP) is 5.34. The third-order valence-electron chi connectivity index (χ3n) is 4.14. The quantitative estimate of drug-likeness (QED) is 0.697. The second kappa shape index (κ2) is 6.42. The number of carbonyl (C=O) groups excluding carboxylic acids is 1. The molecule has 1 amide bonds. The lowest BCUT2D eigenvalue weighted by Gasteiger charge is -2.12. The minimum absolute atomic E-state index is 0.142. The van der Waals surface area contributed by atoms with E-state index in [1.54, 1.807) is 0 Å². The SMILES string of the molecule is Nc1c(Cl)cc(NC(=O)[C@@H]2C[C@@H]2c2ccccc2C(F)(F)F)cc1Cl. The van der Waals surface area contributed by atoms with Crippen molar-refractivity contribution in [3.05, 3.63) is 57.6 Å².